The molecule has 0 aliphatic rings. The Morgan fingerprint density at radius 2 is 2.22 bits per heavy atom. The van der Waals surface area contributed by atoms with Crippen molar-refractivity contribution in [1.82, 2.24) is 19.1 Å². The van der Waals surface area contributed by atoms with E-state index in [-0.39, 0.29) is 0 Å². The van der Waals surface area contributed by atoms with Gasteiger partial charge < -0.3 is 14.1 Å². The number of rotatable bonds is 3. The molecule has 0 radical (unpaired) electrons. The number of H-pyrrole nitrogens is 1. The molecule has 0 fully saturated rings. The maximum atomic E-state index is 5.37. The minimum atomic E-state index is 0.774. The second-order valence-electron chi connectivity index (χ2n) is 4.40. The summed E-state index contributed by atoms with van der Waals surface area (Å²) in [4.78, 5) is 7.29. The van der Waals surface area contributed by atoms with E-state index in [1.54, 1.807) is 6.20 Å². The number of aromatic amines is 1. The second-order valence-corrected chi connectivity index (χ2v) is 4.79. The SMILES string of the molecule is Cc1ccc2c(c1)[nH]c(=S)n2CCn1ccnc1. The Hall–Kier alpha value is -1.88. The van der Waals surface area contributed by atoms with Crippen LogP contribution in [-0.4, -0.2) is 19.1 Å². The smallest absolute Gasteiger partial charge is 0.178 e. The number of fused-ring (bicyclic) bond motifs is 1. The van der Waals surface area contributed by atoms with Crippen LogP contribution in [0, 0.1) is 11.7 Å². The summed E-state index contributed by atoms with van der Waals surface area (Å²) in [5, 5.41) is 0. The molecular weight excluding hydrogens is 244 g/mol. The first-order chi connectivity index (χ1) is 8.74. The zero-order chi connectivity index (χ0) is 12.5. The third-order valence-corrected chi connectivity index (χ3v) is 3.39. The summed E-state index contributed by atoms with van der Waals surface area (Å²) in [7, 11) is 0. The Kier molecular flexibility index (Phi) is 2.76. The zero-order valence-electron chi connectivity index (χ0n) is 10.1. The molecule has 18 heavy (non-hydrogen) atoms. The fourth-order valence-electron chi connectivity index (χ4n) is 2.13. The maximum Gasteiger partial charge on any atom is 0.178 e. The number of benzene rings is 1. The van der Waals surface area contributed by atoms with E-state index in [0.717, 1.165) is 28.9 Å². The molecule has 92 valence electrons. The van der Waals surface area contributed by atoms with Gasteiger partial charge in [-0.15, -0.1) is 0 Å². The Balaban J connectivity index is 1.96. The van der Waals surface area contributed by atoms with Crippen molar-refractivity contribution in [2.45, 2.75) is 20.0 Å². The van der Waals surface area contributed by atoms with Gasteiger partial charge in [0.15, 0.2) is 4.77 Å². The molecule has 0 aliphatic heterocycles. The van der Waals surface area contributed by atoms with Crippen molar-refractivity contribution in [3.63, 3.8) is 0 Å². The summed E-state index contributed by atoms with van der Waals surface area (Å²) in [6.07, 6.45) is 5.57. The normalized spacial score (nSPS) is 11.2. The first-order valence-corrected chi connectivity index (χ1v) is 6.30. The van der Waals surface area contributed by atoms with E-state index >= 15 is 0 Å². The van der Waals surface area contributed by atoms with Crippen LogP contribution in [0.25, 0.3) is 11.0 Å². The quantitative estimate of drug-likeness (QED) is 0.734. The van der Waals surface area contributed by atoms with Crippen LogP contribution in [0.15, 0.2) is 36.9 Å². The van der Waals surface area contributed by atoms with Gasteiger partial charge in [-0.25, -0.2) is 4.98 Å². The topological polar surface area (TPSA) is 38.5 Å². The van der Waals surface area contributed by atoms with Gasteiger partial charge in [0.05, 0.1) is 17.4 Å². The number of imidazole rings is 2. The number of hydrogen-bond donors (Lipinski definition) is 1. The monoisotopic (exact) mass is 258 g/mol. The molecule has 0 aliphatic carbocycles. The van der Waals surface area contributed by atoms with Gasteiger partial charge in [-0.1, -0.05) is 6.07 Å². The highest BCUT2D eigenvalue weighted by atomic mass is 32.1. The van der Waals surface area contributed by atoms with E-state index in [0.29, 0.717) is 0 Å². The van der Waals surface area contributed by atoms with E-state index in [9.17, 15) is 0 Å². The average Bonchev–Trinajstić information content (AvgIpc) is 2.93. The van der Waals surface area contributed by atoms with Crippen LogP contribution in [0.2, 0.25) is 0 Å². The molecule has 3 rings (SSSR count). The molecule has 4 nitrogen and oxygen atoms in total. The Labute approximate surface area is 110 Å². The Morgan fingerprint density at radius 1 is 1.33 bits per heavy atom. The highest BCUT2D eigenvalue weighted by Gasteiger charge is 2.04. The second kappa shape index (κ2) is 4.42. The van der Waals surface area contributed by atoms with Crippen molar-refractivity contribution in [3.05, 3.63) is 47.3 Å². The van der Waals surface area contributed by atoms with Gasteiger partial charge in [0.1, 0.15) is 0 Å². The van der Waals surface area contributed by atoms with Crippen molar-refractivity contribution < 1.29 is 0 Å². The highest BCUT2D eigenvalue weighted by Crippen LogP contribution is 2.15. The Morgan fingerprint density at radius 3 is 3.00 bits per heavy atom. The lowest BCUT2D eigenvalue weighted by molar-refractivity contribution is 0.584. The number of nitrogens with one attached hydrogen (secondary N) is 1. The van der Waals surface area contributed by atoms with Crippen LogP contribution in [0.5, 0.6) is 0 Å². The summed E-state index contributed by atoms with van der Waals surface area (Å²) in [6, 6.07) is 6.35. The minimum Gasteiger partial charge on any atom is -0.336 e. The molecule has 3 aromatic rings. The van der Waals surface area contributed by atoms with Crippen LogP contribution in [-0.2, 0) is 13.1 Å². The molecular formula is C13H14N4S. The lowest BCUT2D eigenvalue weighted by Crippen LogP contribution is -2.05. The van der Waals surface area contributed by atoms with Gasteiger partial charge in [-0.2, -0.15) is 0 Å². The predicted octanol–water partition coefficient (Wildman–Crippen LogP) is 2.90. The van der Waals surface area contributed by atoms with E-state index < -0.39 is 0 Å². The predicted molar refractivity (Wildman–Crippen MR) is 74.1 cm³/mol. The third kappa shape index (κ3) is 1.97. The molecule has 0 bridgehead atoms. The van der Waals surface area contributed by atoms with Crippen molar-refractivity contribution in [3.8, 4) is 0 Å². The molecule has 1 N–H and O–H groups in total. The molecule has 2 heterocycles. The molecule has 0 amide bonds. The van der Waals surface area contributed by atoms with Gasteiger partial charge >= 0.3 is 0 Å². The first-order valence-electron chi connectivity index (χ1n) is 5.89. The van der Waals surface area contributed by atoms with Crippen molar-refractivity contribution in [2.24, 2.45) is 0 Å². The maximum absolute atomic E-state index is 5.37. The van der Waals surface area contributed by atoms with Crippen molar-refractivity contribution >= 4 is 23.3 Å². The molecule has 0 unspecified atom stereocenters. The third-order valence-electron chi connectivity index (χ3n) is 3.07. The number of hydrogen-bond acceptors (Lipinski definition) is 2. The van der Waals surface area contributed by atoms with Crippen LogP contribution in [0.1, 0.15) is 5.56 Å². The number of aromatic nitrogens is 4. The average molecular weight is 258 g/mol. The lowest BCUT2D eigenvalue weighted by atomic mass is 10.2. The molecule has 0 saturated heterocycles. The van der Waals surface area contributed by atoms with Gasteiger partial charge in [-0.3, -0.25) is 0 Å². The van der Waals surface area contributed by atoms with Crippen molar-refractivity contribution in [2.75, 3.05) is 0 Å². The molecule has 2 aromatic heterocycles. The number of aryl methyl sites for hydroxylation is 3. The standard InChI is InChI=1S/C13H14N4S/c1-10-2-3-12-11(8-10)15-13(18)17(12)7-6-16-5-4-14-9-16/h2-5,8-9H,6-7H2,1H3,(H,15,18). The van der Waals surface area contributed by atoms with Crippen LogP contribution >= 0.6 is 12.2 Å². The largest absolute Gasteiger partial charge is 0.336 e. The zero-order valence-corrected chi connectivity index (χ0v) is 10.9. The van der Waals surface area contributed by atoms with Gasteiger partial charge in [0, 0.05) is 25.5 Å². The molecule has 0 spiro atoms. The Bertz CT molecular complexity index is 721. The molecule has 0 atom stereocenters. The van der Waals surface area contributed by atoms with Crippen LogP contribution in [0.4, 0.5) is 0 Å². The van der Waals surface area contributed by atoms with Crippen LogP contribution < -0.4 is 0 Å². The van der Waals surface area contributed by atoms with Crippen molar-refractivity contribution in [1.29, 1.82) is 0 Å². The summed E-state index contributed by atoms with van der Waals surface area (Å²) in [5.41, 5.74) is 3.50. The molecule has 0 saturated carbocycles. The summed E-state index contributed by atoms with van der Waals surface area (Å²) in [5.74, 6) is 0. The minimum absolute atomic E-state index is 0.774. The first kappa shape index (κ1) is 11.2. The van der Waals surface area contributed by atoms with E-state index in [2.05, 4.69) is 44.2 Å². The van der Waals surface area contributed by atoms with Gasteiger partial charge in [0.2, 0.25) is 0 Å². The van der Waals surface area contributed by atoms with Crippen LogP contribution in [0.3, 0.4) is 0 Å². The molecule has 1 aromatic carbocycles. The summed E-state index contributed by atoms with van der Waals surface area (Å²) < 4.78 is 4.95. The fraction of sp³-hybridized carbons (Fsp3) is 0.231. The summed E-state index contributed by atoms with van der Waals surface area (Å²) in [6.45, 7) is 3.80. The fourth-order valence-corrected chi connectivity index (χ4v) is 2.43. The lowest BCUT2D eigenvalue weighted by Gasteiger charge is -2.05. The van der Waals surface area contributed by atoms with E-state index in [1.165, 1.54) is 5.56 Å². The highest BCUT2D eigenvalue weighted by molar-refractivity contribution is 7.71. The number of nitrogens with zero attached hydrogens (tertiary/aromatic N) is 3. The summed E-state index contributed by atoms with van der Waals surface area (Å²) >= 11 is 5.37. The van der Waals surface area contributed by atoms with E-state index in [4.69, 9.17) is 12.2 Å². The van der Waals surface area contributed by atoms with E-state index in [1.807, 2.05) is 12.5 Å². The van der Waals surface area contributed by atoms with Gasteiger partial charge in [0.25, 0.3) is 0 Å². The molecule has 5 heteroatoms. The van der Waals surface area contributed by atoms with Gasteiger partial charge in [-0.05, 0) is 36.8 Å².